The van der Waals surface area contributed by atoms with Crippen LogP contribution in [0.2, 0.25) is 0 Å². The molecule has 2 rings (SSSR count). The quantitative estimate of drug-likeness (QED) is 0.896. The van der Waals surface area contributed by atoms with Crippen molar-refractivity contribution in [2.45, 2.75) is 19.3 Å². The first-order valence-corrected chi connectivity index (χ1v) is 7.72. The minimum atomic E-state index is -1.51. The lowest BCUT2D eigenvalue weighted by Gasteiger charge is -2.20. The van der Waals surface area contributed by atoms with Gasteiger partial charge < -0.3 is 10.4 Å². The van der Waals surface area contributed by atoms with E-state index in [2.05, 4.69) is 5.32 Å². The lowest BCUT2D eigenvalue weighted by atomic mass is 9.98. The van der Waals surface area contributed by atoms with Crippen LogP contribution in [-0.4, -0.2) is 28.5 Å². The van der Waals surface area contributed by atoms with E-state index in [1.54, 1.807) is 0 Å². The summed E-state index contributed by atoms with van der Waals surface area (Å²) in [5.41, 5.74) is -0.968. The second-order valence-corrected chi connectivity index (χ2v) is 6.15. The molecule has 114 valence electrons. The third-order valence-electron chi connectivity index (χ3n) is 3.38. The van der Waals surface area contributed by atoms with E-state index in [0.29, 0.717) is 6.07 Å². The van der Waals surface area contributed by atoms with Gasteiger partial charge in [-0.3, -0.25) is 4.79 Å². The summed E-state index contributed by atoms with van der Waals surface area (Å²) in [5.74, 6) is -1.76. The van der Waals surface area contributed by atoms with Crippen LogP contribution in [-0.2, 0) is 4.79 Å². The van der Waals surface area contributed by atoms with Gasteiger partial charge in [0, 0.05) is 12.5 Å². The Kier molecular flexibility index (Phi) is 5.17. The molecule has 0 spiro atoms. The topological polar surface area (TPSA) is 66.4 Å². The number of rotatable bonds is 4. The van der Waals surface area contributed by atoms with Gasteiger partial charge in [-0.05, 0) is 36.3 Å². The minimum absolute atomic E-state index is 0.258. The molecular weight excluding hydrogens is 300 g/mol. The number of amides is 1. The first-order chi connectivity index (χ1) is 9.97. The fourth-order valence-electron chi connectivity index (χ4n) is 2.22. The van der Waals surface area contributed by atoms with Gasteiger partial charge in [0.25, 0.3) is 0 Å². The Labute approximate surface area is 124 Å². The van der Waals surface area contributed by atoms with Gasteiger partial charge in [-0.15, -0.1) is 0 Å². The summed E-state index contributed by atoms with van der Waals surface area (Å²) in [5, 5.41) is 11.1. The van der Waals surface area contributed by atoms with Crippen molar-refractivity contribution in [3.63, 3.8) is 0 Å². The molecule has 1 aliphatic rings. The van der Waals surface area contributed by atoms with Crippen LogP contribution in [0.25, 0.3) is 0 Å². The highest BCUT2D eigenvalue weighted by molar-refractivity contribution is 7.99. The number of carbonyl (C=O) groups is 2. The fourth-order valence-corrected chi connectivity index (χ4v) is 3.43. The number of nitrogens with one attached hydrogen (secondary N) is 1. The maximum Gasteiger partial charge on any atom is 0.338 e. The SMILES string of the molecule is O=C(CC1CCSCC1)Nc1cc(C(=O)O)c(F)cc1F. The highest BCUT2D eigenvalue weighted by atomic mass is 32.2. The number of carbonyl (C=O) groups excluding carboxylic acids is 1. The predicted octanol–water partition coefficient (Wildman–Crippen LogP) is 3.13. The van der Waals surface area contributed by atoms with Crippen molar-refractivity contribution < 1.29 is 23.5 Å². The lowest BCUT2D eigenvalue weighted by Crippen LogP contribution is -2.20. The molecule has 2 N–H and O–H groups in total. The minimum Gasteiger partial charge on any atom is -0.478 e. The predicted molar refractivity (Wildman–Crippen MR) is 76.6 cm³/mol. The Morgan fingerprint density at radius 1 is 1.24 bits per heavy atom. The first-order valence-electron chi connectivity index (χ1n) is 6.57. The molecule has 1 saturated heterocycles. The zero-order valence-electron chi connectivity index (χ0n) is 11.2. The van der Waals surface area contributed by atoms with E-state index >= 15 is 0 Å². The van der Waals surface area contributed by atoms with Crippen LogP contribution in [0, 0.1) is 17.6 Å². The van der Waals surface area contributed by atoms with E-state index in [-0.39, 0.29) is 23.9 Å². The van der Waals surface area contributed by atoms with Crippen LogP contribution in [0.15, 0.2) is 12.1 Å². The maximum atomic E-state index is 13.6. The van der Waals surface area contributed by atoms with E-state index in [1.807, 2.05) is 11.8 Å². The van der Waals surface area contributed by atoms with Crippen LogP contribution < -0.4 is 5.32 Å². The summed E-state index contributed by atoms with van der Waals surface area (Å²) in [4.78, 5) is 22.7. The summed E-state index contributed by atoms with van der Waals surface area (Å²) < 4.78 is 26.8. The summed E-state index contributed by atoms with van der Waals surface area (Å²) >= 11 is 1.84. The Morgan fingerprint density at radius 2 is 1.90 bits per heavy atom. The number of halogens is 2. The normalized spacial score (nSPS) is 15.7. The number of thioether (sulfide) groups is 1. The smallest absolute Gasteiger partial charge is 0.338 e. The maximum absolute atomic E-state index is 13.6. The molecule has 1 aromatic carbocycles. The second-order valence-electron chi connectivity index (χ2n) is 4.93. The van der Waals surface area contributed by atoms with Crippen molar-refractivity contribution in [1.29, 1.82) is 0 Å². The molecule has 1 amide bonds. The largest absolute Gasteiger partial charge is 0.478 e. The van der Waals surface area contributed by atoms with Crippen LogP contribution in [0.3, 0.4) is 0 Å². The average Bonchev–Trinajstić information content (AvgIpc) is 2.42. The summed E-state index contributed by atoms with van der Waals surface area (Å²) in [6.07, 6.45) is 2.13. The van der Waals surface area contributed by atoms with Gasteiger partial charge in [0.2, 0.25) is 5.91 Å². The van der Waals surface area contributed by atoms with Crippen molar-refractivity contribution >= 4 is 29.3 Å². The molecule has 1 aromatic rings. The fraction of sp³-hybridized carbons (Fsp3) is 0.429. The second kappa shape index (κ2) is 6.89. The van der Waals surface area contributed by atoms with Crippen molar-refractivity contribution in [1.82, 2.24) is 0 Å². The number of aromatic carboxylic acids is 1. The third-order valence-corrected chi connectivity index (χ3v) is 4.42. The number of anilines is 1. The zero-order chi connectivity index (χ0) is 15.4. The molecule has 7 heteroatoms. The van der Waals surface area contributed by atoms with Crippen molar-refractivity contribution in [3.8, 4) is 0 Å². The molecule has 0 unspecified atom stereocenters. The monoisotopic (exact) mass is 315 g/mol. The molecule has 0 aliphatic carbocycles. The number of carboxylic acid groups (broad SMARTS) is 1. The summed E-state index contributed by atoms with van der Waals surface area (Å²) in [6.45, 7) is 0. The molecule has 0 atom stereocenters. The molecule has 1 fully saturated rings. The molecule has 0 bridgehead atoms. The van der Waals surface area contributed by atoms with Gasteiger partial charge in [-0.1, -0.05) is 0 Å². The first kappa shape index (κ1) is 15.8. The number of benzene rings is 1. The Morgan fingerprint density at radius 3 is 2.52 bits per heavy atom. The number of hydrogen-bond acceptors (Lipinski definition) is 3. The van der Waals surface area contributed by atoms with Gasteiger partial charge in [-0.25, -0.2) is 13.6 Å². The Bertz CT molecular complexity index is 559. The van der Waals surface area contributed by atoms with E-state index in [9.17, 15) is 18.4 Å². The average molecular weight is 315 g/mol. The van der Waals surface area contributed by atoms with Gasteiger partial charge in [-0.2, -0.15) is 11.8 Å². The summed E-state index contributed by atoms with van der Waals surface area (Å²) in [7, 11) is 0. The van der Waals surface area contributed by atoms with Crippen LogP contribution in [0.1, 0.15) is 29.6 Å². The third kappa shape index (κ3) is 4.17. The molecule has 0 saturated carbocycles. The van der Waals surface area contributed by atoms with Gasteiger partial charge >= 0.3 is 5.97 Å². The van der Waals surface area contributed by atoms with E-state index < -0.39 is 23.2 Å². The Balaban J connectivity index is 2.06. The number of hydrogen-bond donors (Lipinski definition) is 2. The van der Waals surface area contributed by atoms with Crippen molar-refractivity contribution in [3.05, 3.63) is 29.3 Å². The molecular formula is C14H15F2NO3S. The highest BCUT2D eigenvalue weighted by Gasteiger charge is 2.20. The van der Waals surface area contributed by atoms with Crippen molar-refractivity contribution in [2.24, 2.45) is 5.92 Å². The lowest BCUT2D eigenvalue weighted by molar-refractivity contribution is -0.117. The number of carboxylic acids is 1. The molecule has 4 nitrogen and oxygen atoms in total. The molecule has 1 aliphatic heterocycles. The van der Waals surface area contributed by atoms with E-state index in [0.717, 1.165) is 30.4 Å². The van der Waals surface area contributed by atoms with Gasteiger partial charge in [0.15, 0.2) is 0 Å². The molecule has 0 radical (unpaired) electrons. The van der Waals surface area contributed by atoms with E-state index in [4.69, 9.17) is 5.11 Å². The Hall–Kier alpha value is -1.63. The van der Waals surface area contributed by atoms with Crippen LogP contribution >= 0.6 is 11.8 Å². The highest BCUT2D eigenvalue weighted by Crippen LogP contribution is 2.26. The van der Waals surface area contributed by atoms with Gasteiger partial charge in [0.05, 0.1) is 11.3 Å². The van der Waals surface area contributed by atoms with E-state index in [1.165, 1.54) is 0 Å². The van der Waals surface area contributed by atoms with Gasteiger partial charge in [0.1, 0.15) is 11.6 Å². The standard InChI is InChI=1S/C14H15F2NO3S/c15-10-7-11(16)12(6-9(10)14(19)20)17-13(18)5-8-1-3-21-4-2-8/h6-8H,1-5H2,(H,17,18)(H,19,20). The van der Waals surface area contributed by atoms with Crippen LogP contribution in [0.5, 0.6) is 0 Å². The zero-order valence-corrected chi connectivity index (χ0v) is 12.0. The molecule has 0 aromatic heterocycles. The summed E-state index contributed by atoms with van der Waals surface area (Å²) in [6, 6.07) is 1.28. The van der Waals surface area contributed by atoms with Crippen molar-refractivity contribution in [2.75, 3.05) is 16.8 Å². The molecule has 1 heterocycles. The molecule has 21 heavy (non-hydrogen) atoms. The van der Waals surface area contributed by atoms with Crippen LogP contribution in [0.4, 0.5) is 14.5 Å².